The molecule has 2 atom stereocenters. The number of hydrogen-bond acceptors (Lipinski definition) is 3. The van der Waals surface area contributed by atoms with Crippen LogP contribution in [0.3, 0.4) is 0 Å². The molecule has 0 saturated heterocycles. The quantitative estimate of drug-likeness (QED) is 0.458. The Bertz CT molecular complexity index is 1140. The smallest absolute Gasteiger partial charge is 0.251 e. The standard InChI is InChI=1S/C28H38N4O2/c1-7-21(5)32(22(6)8-2)27(33)18-31-25-12-10-9-11-24(25)30-26(31)15-16-29-28(34)23-14-13-19(3)17-20(23)4/h9-14,17,21-22H,7-8,15-16,18H2,1-6H3,(H,29,34). The Kier molecular flexibility index (Phi) is 8.48. The summed E-state index contributed by atoms with van der Waals surface area (Å²) in [5.74, 6) is 0.826. The molecular formula is C28H38N4O2. The molecule has 182 valence electrons. The summed E-state index contributed by atoms with van der Waals surface area (Å²) in [6.07, 6.45) is 2.38. The number of benzene rings is 2. The van der Waals surface area contributed by atoms with Crippen LogP contribution in [0.2, 0.25) is 0 Å². The van der Waals surface area contributed by atoms with E-state index in [1.807, 2.05) is 65.8 Å². The fourth-order valence-electron chi connectivity index (χ4n) is 4.48. The molecule has 3 aromatic rings. The Morgan fingerprint density at radius 2 is 1.71 bits per heavy atom. The second-order valence-electron chi connectivity index (χ2n) is 9.24. The number of nitrogens with zero attached hydrogens (tertiary/aromatic N) is 3. The number of aryl methyl sites for hydroxylation is 2. The normalized spacial score (nSPS) is 13.0. The van der Waals surface area contributed by atoms with Crippen molar-refractivity contribution in [1.29, 1.82) is 0 Å². The minimum atomic E-state index is -0.0871. The molecule has 0 aliphatic carbocycles. The van der Waals surface area contributed by atoms with Gasteiger partial charge < -0.3 is 14.8 Å². The third kappa shape index (κ3) is 5.66. The van der Waals surface area contributed by atoms with E-state index in [9.17, 15) is 9.59 Å². The molecule has 2 unspecified atom stereocenters. The zero-order chi connectivity index (χ0) is 24.8. The minimum Gasteiger partial charge on any atom is -0.352 e. The van der Waals surface area contributed by atoms with Gasteiger partial charge in [-0.05, 0) is 64.3 Å². The van der Waals surface area contributed by atoms with Crippen molar-refractivity contribution in [3.63, 3.8) is 0 Å². The summed E-state index contributed by atoms with van der Waals surface area (Å²) in [6, 6.07) is 14.1. The number of carbonyl (C=O) groups is 2. The largest absolute Gasteiger partial charge is 0.352 e. The highest BCUT2D eigenvalue weighted by molar-refractivity contribution is 5.95. The number of amides is 2. The van der Waals surface area contributed by atoms with Crippen LogP contribution in [0.15, 0.2) is 42.5 Å². The van der Waals surface area contributed by atoms with E-state index in [1.54, 1.807) is 0 Å². The zero-order valence-electron chi connectivity index (χ0n) is 21.4. The molecule has 0 spiro atoms. The first-order chi connectivity index (χ1) is 16.3. The van der Waals surface area contributed by atoms with E-state index in [-0.39, 0.29) is 30.4 Å². The molecule has 3 rings (SSSR count). The van der Waals surface area contributed by atoms with Gasteiger partial charge in [0, 0.05) is 30.6 Å². The van der Waals surface area contributed by atoms with Gasteiger partial charge >= 0.3 is 0 Å². The Labute approximate surface area is 203 Å². The maximum absolute atomic E-state index is 13.4. The first-order valence-corrected chi connectivity index (χ1v) is 12.4. The van der Waals surface area contributed by atoms with E-state index in [0.717, 1.165) is 40.8 Å². The van der Waals surface area contributed by atoms with Crippen molar-refractivity contribution < 1.29 is 9.59 Å². The third-order valence-corrected chi connectivity index (χ3v) is 6.71. The van der Waals surface area contributed by atoms with Crippen LogP contribution in [0.1, 0.15) is 67.8 Å². The topological polar surface area (TPSA) is 67.2 Å². The first-order valence-electron chi connectivity index (χ1n) is 12.4. The number of para-hydroxylation sites is 2. The van der Waals surface area contributed by atoms with Gasteiger partial charge in [0.15, 0.2) is 0 Å². The molecule has 0 fully saturated rings. The molecule has 2 aromatic carbocycles. The van der Waals surface area contributed by atoms with Gasteiger partial charge in [0.2, 0.25) is 5.91 Å². The van der Waals surface area contributed by atoms with Crippen molar-refractivity contribution in [1.82, 2.24) is 19.8 Å². The summed E-state index contributed by atoms with van der Waals surface area (Å²) in [4.78, 5) is 33.0. The molecule has 0 radical (unpaired) electrons. The number of rotatable bonds is 10. The number of aromatic nitrogens is 2. The van der Waals surface area contributed by atoms with Gasteiger partial charge in [0.05, 0.1) is 11.0 Å². The molecule has 0 aliphatic rings. The lowest BCUT2D eigenvalue weighted by Gasteiger charge is -2.34. The molecule has 0 saturated carbocycles. The third-order valence-electron chi connectivity index (χ3n) is 6.71. The van der Waals surface area contributed by atoms with Crippen LogP contribution in [0.5, 0.6) is 0 Å². The summed E-state index contributed by atoms with van der Waals surface area (Å²) in [5.41, 5.74) is 4.60. The SMILES string of the molecule is CCC(C)N(C(=O)Cn1c(CCNC(=O)c2ccc(C)cc2C)nc2ccccc21)C(C)CC. The van der Waals surface area contributed by atoms with Crippen LogP contribution < -0.4 is 5.32 Å². The fraction of sp³-hybridized carbons (Fsp3) is 0.464. The van der Waals surface area contributed by atoms with Gasteiger partial charge in [-0.1, -0.05) is 43.7 Å². The second kappa shape index (κ2) is 11.3. The molecule has 6 heteroatoms. The lowest BCUT2D eigenvalue weighted by molar-refractivity contribution is -0.136. The summed E-state index contributed by atoms with van der Waals surface area (Å²) < 4.78 is 2.01. The van der Waals surface area contributed by atoms with Crippen molar-refractivity contribution in [2.45, 2.75) is 79.4 Å². The highest BCUT2D eigenvalue weighted by Crippen LogP contribution is 2.19. The van der Waals surface area contributed by atoms with Crippen molar-refractivity contribution in [2.75, 3.05) is 6.54 Å². The van der Waals surface area contributed by atoms with Gasteiger partial charge in [0.25, 0.3) is 5.91 Å². The molecule has 1 N–H and O–H groups in total. The molecule has 6 nitrogen and oxygen atoms in total. The van der Waals surface area contributed by atoms with Gasteiger partial charge in [-0.15, -0.1) is 0 Å². The lowest BCUT2D eigenvalue weighted by Crippen LogP contribution is -2.46. The fourth-order valence-corrected chi connectivity index (χ4v) is 4.48. The van der Waals surface area contributed by atoms with E-state index in [1.165, 1.54) is 0 Å². The second-order valence-corrected chi connectivity index (χ2v) is 9.24. The van der Waals surface area contributed by atoms with Crippen LogP contribution in [0.25, 0.3) is 11.0 Å². The number of carbonyl (C=O) groups excluding carboxylic acids is 2. The molecule has 1 aromatic heterocycles. The maximum Gasteiger partial charge on any atom is 0.251 e. The Morgan fingerprint density at radius 1 is 1.03 bits per heavy atom. The number of fused-ring (bicyclic) bond motifs is 1. The Morgan fingerprint density at radius 3 is 2.35 bits per heavy atom. The van der Waals surface area contributed by atoms with Crippen LogP contribution in [0, 0.1) is 13.8 Å². The van der Waals surface area contributed by atoms with Crippen molar-refractivity contribution in [3.8, 4) is 0 Å². The van der Waals surface area contributed by atoms with Crippen LogP contribution in [-0.4, -0.2) is 44.9 Å². The van der Waals surface area contributed by atoms with Crippen LogP contribution in [-0.2, 0) is 17.8 Å². The van der Waals surface area contributed by atoms with Gasteiger partial charge in [-0.25, -0.2) is 4.98 Å². The molecule has 2 amide bonds. The minimum absolute atomic E-state index is 0.0871. The Balaban J connectivity index is 1.79. The van der Waals surface area contributed by atoms with Gasteiger partial charge in [-0.3, -0.25) is 9.59 Å². The predicted molar refractivity (Wildman–Crippen MR) is 138 cm³/mol. The van der Waals surface area contributed by atoms with E-state index < -0.39 is 0 Å². The number of nitrogens with one attached hydrogen (secondary N) is 1. The predicted octanol–water partition coefficient (Wildman–Crippen LogP) is 5.05. The molecule has 1 heterocycles. The summed E-state index contributed by atoms with van der Waals surface area (Å²) in [6.45, 7) is 13.1. The average molecular weight is 463 g/mol. The summed E-state index contributed by atoms with van der Waals surface area (Å²) in [7, 11) is 0. The first kappa shape index (κ1) is 25.5. The van der Waals surface area contributed by atoms with Crippen LogP contribution in [0.4, 0.5) is 0 Å². The summed E-state index contributed by atoms with van der Waals surface area (Å²) >= 11 is 0. The molecule has 0 bridgehead atoms. The summed E-state index contributed by atoms with van der Waals surface area (Å²) in [5, 5.41) is 3.02. The lowest BCUT2D eigenvalue weighted by atomic mass is 10.1. The highest BCUT2D eigenvalue weighted by Gasteiger charge is 2.25. The number of hydrogen-bond donors (Lipinski definition) is 1. The monoisotopic (exact) mass is 462 g/mol. The van der Waals surface area contributed by atoms with E-state index in [0.29, 0.717) is 18.5 Å². The van der Waals surface area contributed by atoms with E-state index >= 15 is 0 Å². The van der Waals surface area contributed by atoms with Crippen molar-refractivity contribution in [3.05, 3.63) is 65.0 Å². The average Bonchev–Trinajstić information content (AvgIpc) is 3.15. The van der Waals surface area contributed by atoms with Gasteiger partial charge in [-0.2, -0.15) is 0 Å². The molecule has 34 heavy (non-hydrogen) atoms. The van der Waals surface area contributed by atoms with Crippen LogP contribution >= 0.6 is 0 Å². The zero-order valence-corrected chi connectivity index (χ0v) is 21.4. The molecule has 0 aliphatic heterocycles. The van der Waals surface area contributed by atoms with Crippen molar-refractivity contribution >= 4 is 22.8 Å². The number of imidazole rings is 1. The molecular weight excluding hydrogens is 424 g/mol. The Hall–Kier alpha value is -3.15. The van der Waals surface area contributed by atoms with E-state index in [2.05, 4.69) is 33.0 Å². The maximum atomic E-state index is 13.4. The highest BCUT2D eigenvalue weighted by atomic mass is 16.2. The van der Waals surface area contributed by atoms with Crippen molar-refractivity contribution in [2.24, 2.45) is 0 Å². The van der Waals surface area contributed by atoms with Gasteiger partial charge in [0.1, 0.15) is 12.4 Å². The van der Waals surface area contributed by atoms with E-state index in [4.69, 9.17) is 4.98 Å².